The average molecular weight is 396 g/mol. The number of fused-ring (bicyclic) bond motifs is 1. The first kappa shape index (κ1) is 21.4. The first-order valence-corrected chi connectivity index (χ1v) is 10.3. The number of methoxy groups -OCH3 is 1. The molecule has 1 aromatic heterocycles. The number of anilines is 1. The molecule has 1 aromatic rings. The normalized spacial score (nSPS) is 16.5. The van der Waals surface area contributed by atoms with E-state index in [1.807, 2.05) is 0 Å². The van der Waals surface area contributed by atoms with Crippen LogP contribution in [-0.4, -0.2) is 30.1 Å². The summed E-state index contributed by atoms with van der Waals surface area (Å²) in [5, 5.41) is 12.0. The quantitative estimate of drug-likeness (QED) is 0.641. The summed E-state index contributed by atoms with van der Waals surface area (Å²) < 4.78 is 4.95. The van der Waals surface area contributed by atoms with Gasteiger partial charge in [0.2, 0.25) is 5.91 Å². The van der Waals surface area contributed by atoms with Gasteiger partial charge in [-0.1, -0.05) is 27.2 Å². The largest absolute Gasteiger partial charge is 0.481 e. The lowest BCUT2D eigenvalue weighted by Gasteiger charge is -2.36. The van der Waals surface area contributed by atoms with Crippen molar-refractivity contribution in [1.29, 1.82) is 0 Å². The number of rotatable bonds is 8. The topological polar surface area (TPSA) is 92.7 Å². The summed E-state index contributed by atoms with van der Waals surface area (Å²) in [6, 6.07) is 0. The van der Waals surface area contributed by atoms with Crippen LogP contribution in [0.5, 0.6) is 0 Å². The zero-order valence-electron chi connectivity index (χ0n) is 16.5. The van der Waals surface area contributed by atoms with Crippen molar-refractivity contribution >= 4 is 34.2 Å². The van der Waals surface area contributed by atoms with Gasteiger partial charge in [-0.05, 0) is 42.6 Å². The van der Waals surface area contributed by atoms with Crippen molar-refractivity contribution in [1.82, 2.24) is 0 Å². The summed E-state index contributed by atoms with van der Waals surface area (Å²) in [6.07, 6.45) is 4.15. The SMILES string of the molecule is CCC(C)(C)[C@@H]1CCc2c(sc(NC(=O)CCCC(=O)O)c2C(=O)OC)C1. The summed E-state index contributed by atoms with van der Waals surface area (Å²) in [4.78, 5) is 36.3. The highest BCUT2D eigenvalue weighted by atomic mass is 32.1. The molecule has 1 aliphatic rings. The number of ether oxygens (including phenoxy) is 1. The predicted molar refractivity (Wildman–Crippen MR) is 105 cm³/mol. The molecule has 0 saturated heterocycles. The third-order valence-corrected chi connectivity index (χ3v) is 6.89. The van der Waals surface area contributed by atoms with Crippen molar-refractivity contribution in [3.8, 4) is 0 Å². The molecule has 0 saturated carbocycles. The van der Waals surface area contributed by atoms with Crippen LogP contribution in [0.2, 0.25) is 0 Å². The number of esters is 1. The van der Waals surface area contributed by atoms with Crippen LogP contribution in [0.15, 0.2) is 0 Å². The molecular formula is C20H29NO5S. The van der Waals surface area contributed by atoms with Crippen LogP contribution in [0.1, 0.15) is 73.7 Å². The van der Waals surface area contributed by atoms with E-state index in [1.54, 1.807) is 0 Å². The van der Waals surface area contributed by atoms with Gasteiger partial charge in [-0.15, -0.1) is 11.3 Å². The Balaban J connectivity index is 2.22. The zero-order valence-corrected chi connectivity index (χ0v) is 17.3. The number of aliphatic carboxylic acids is 1. The van der Waals surface area contributed by atoms with Gasteiger partial charge < -0.3 is 15.2 Å². The summed E-state index contributed by atoms with van der Waals surface area (Å²) >= 11 is 1.45. The maximum atomic E-state index is 12.3. The van der Waals surface area contributed by atoms with Gasteiger partial charge in [0.15, 0.2) is 0 Å². The van der Waals surface area contributed by atoms with Gasteiger partial charge in [-0.2, -0.15) is 0 Å². The van der Waals surface area contributed by atoms with Crippen LogP contribution in [0.25, 0.3) is 0 Å². The molecule has 0 bridgehead atoms. The fourth-order valence-corrected chi connectivity index (χ4v) is 4.87. The number of carbonyl (C=O) groups excluding carboxylic acids is 2. The average Bonchev–Trinajstić information content (AvgIpc) is 2.97. The number of carbonyl (C=O) groups is 3. The van der Waals surface area contributed by atoms with E-state index in [1.165, 1.54) is 18.4 Å². The third kappa shape index (κ3) is 5.09. The van der Waals surface area contributed by atoms with E-state index in [0.717, 1.165) is 36.1 Å². The van der Waals surface area contributed by atoms with Gasteiger partial charge in [-0.25, -0.2) is 4.79 Å². The number of nitrogens with one attached hydrogen (secondary N) is 1. The Hall–Kier alpha value is -1.89. The maximum Gasteiger partial charge on any atom is 0.341 e. The lowest BCUT2D eigenvalue weighted by Crippen LogP contribution is -2.28. The first-order valence-electron chi connectivity index (χ1n) is 9.44. The monoisotopic (exact) mass is 395 g/mol. The molecule has 27 heavy (non-hydrogen) atoms. The van der Waals surface area contributed by atoms with Gasteiger partial charge in [0.25, 0.3) is 0 Å². The summed E-state index contributed by atoms with van der Waals surface area (Å²) in [5.74, 6) is -1.08. The van der Waals surface area contributed by atoms with Crippen LogP contribution >= 0.6 is 11.3 Å². The van der Waals surface area contributed by atoms with Crippen molar-refractivity contribution in [2.75, 3.05) is 12.4 Å². The molecule has 7 heteroatoms. The summed E-state index contributed by atoms with van der Waals surface area (Å²) in [5.41, 5.74) is 1.69. The van der Waals surface area contributed by atoms with Crippen LogP contribution in [-0.2, 0) is 27.2 Å². The van der Waals surface area contributed by atoms with Crippen LogP contribution in [0.3, 0.4) is 0 Å². The minimum Gasteiger partial charge on any atom is -0.481 e. The maximum absolute atomic E-state index is 12.3. The molecule has 0 fully saturated rings. The number of thiophene rings is 1. The van der Waals surface area contributed by atoms with Gasteiger partial charge in [-0.3, -0.25) is 9.59 Å². The highest BCUT2D eigenvalue weighted by Crippen LogP contribution is 2.45. The fourth-order valence-electron chi connectivity index (χ4n) is 3.54. The first-order chi connectivity index (χ1) is 12.7. The van der Waals surface area contributed by atoms with Crippen LogP contribution in [0.4, 0.5) is 5.00 Å². The van der Waals surface area contributed by atoms with E-state index in [0.29, 0.717) is 16.5 Å². The second-order valence-electron chi connectivity index (χ2n) is 7.78. The minimum absolute atomic E-state index is 0.0496. The number of carboxylic acids is 1. The molecule has 150 valence electrons. The molecule has 1 atom stereocenters. The molecule has 0 aliphatic heterocycles. The van der Waals surface area contributed by atoms with Crippen molar-refractivity contribution in [3.63, 3.8) is 0 Å². The number of hydrogen-bond donors (Lipinski definition) is 2. The Labute approximate surface area is 164 Å². The fraction of sp³-hybridized carbons (Fsp3) is 0.650. The van der Waals surface area contributed by atoms with Crippen molar-refractivity contribution in [2.45, 2.75) is 65.7 Å². The van der Waals surface area contributed by atoms with Gasteiger partial charge in [0.05, 0.1) is 12.7 Å². The van der Waals surface area contributed by atoms with Crippen LogP contribution < -0.4 is 5.32 Å². The number of hydrogen-bond acceptors (Lipinski definition) is 5. The molecule has 0 radical (unpaired) electrons. The van der Waals surface area contributed by atoms with E-state index in [-0.39, 0.29) is 30.6 Å². The van der Waals surface area contributed by atoms with E-state index in [4.69, 9.17) is 9.84 Å². The van der Waals surface area contributed by atoms with Gasteiger partial charge >= 0.3 is 11.9 Å². The van der Waals surface area contributed by atoms with E-state index in [2.05, 4.69) is 26.1 Å². The third-order valence-electron chi connectivity index (χ3n) is 5.72. The van der Waals surface area contributed by atoms with E-state index < -0.39 is 11.9 Å². The highest BCUT2D eigenvalue weighted by molar-refractivity contribution is 7.17. The summed E-state index contributed by atoms with van der Waals surface area (Å²) in [7, 11) is 1.34. The predicted octanol–water partition coefficient (Wildman–Crippen LogP) is 4.27. The number of amides is 1. The second-order valence-corrected chi connectivity index (χ2v) is 8.88. The molecule has 1 heterocycles. The second kappa shape index (κ2) is 8.87. The van der Waals surface area contributed by atoms with Crippen LogP contribution in [0, 0.1) is 11.3 Å². The standard InChI is InChI=1S/C20H29NO5S/c1-5-20(2,3)12-9-10-13-14(11-12)27-18(17(13)19(25)26-4)21-15(22)7-6-8-16(23)24/h12H,5-11H2,1-4H3,(H,21,22)(H,23,24)/t12-/m1/s1. The Bertz CT molecular complexity index is 722. The van der Waals surface area contributed by atoms with Gasteiger partial charge in [0.1, 0.15) is 5.00 Å². The molecule has 2 N–H and O–H groups in total. The Morgan fingerprint density at radius 3 is 2.59 bits per heavy atom. The lowest BCUT2D eigenvalue weighted by atomic mass is 9.69. The molecule has 0 aromatic carbocycles. The van der Waals surface area contributed by atoms with Crippen molar-refractivity contribution in [3.05, 3.63) is 16.0 Å². The number of carboxylic acid groups (broad SMARTS) is 1. The molecule has 0 unspecified atom stereocenters. The Morgan fingerprint density at radius 1 is 1.30 bits per heavy atom. The minimum atomic E-state index is -0.922. The van der Waals surface area contributed by atoms with E-state index >= 15 is 0 Å². The molecule has 1 amide bonds. The molecule has 0 spiro atoms. The molecule has 2 rings (SSSR count). The Kier molecular flexibility index (Phi) is 7.03. The molecule has 1 aliphatic carbocycles. The Morgan fingerprint density at radius 2 is 2.00 bits per heavy atom. The lowest BCUT2D eigenvalue weighted by molar-refractivity contribution is -0.137. The molecule has 6 nitrogen and oxygen atoms in total. The highest BCUT2D eigenvalue weighted by Gasteiger charge is 2.35. The van der Waals surface area contributed by atoms with Gasteiger partial charge in [0, 0.05) is 17.7 Å². The van der Waals surface area contributed by atoms with Crippen molar-refractivity contribution in [2.24, 2.45) is 11.3 Å². The van der Waals surface area contributed by atoms with E-state index in [9.17, 15) is 14.4 Å². The smallest absolute Gasteiger partial charge is 0.341 e. The zero-order chi connectivity index (χ0) is 20.2. The molecular weight excluding hydrogens is 366 g/mol. The summed E-state index contributed by atoms with van der Waals surface area (Å²) in [6.45, 7) is 6.76. The van der Waals surface area contributed by atoms with Crippen molar-refractivity contribution < 1.29 is 24.2 Å².